The molecule has 2 aromatic carbocycles. The van der Waals surface area contributed by atoms with Crippen LogP contribution in [0, 0.1) is 5.82 Å². The molecule has 0 bridgehead atoms. The lowest BCUT2D eigenvalue weighted by Gasteiger charge is -2.15. The summed E-state index contributed by atoms with van der Waals surface area (Å²) in [6.45, 7) is 1.08. The minimum absolute atomic E-state index is 0.0479. The molecule has 2 amide bonds. The summed E-state index contributed by atoms with van der Waals surface area (Å²) in [5.74, 6) is -0.502. The molecule has 0 aromatic heterocycles. The van der Waals surface area contributed by atoms with Gasteiger partial charge in [0.1, 0.15) is 11.9 Å². The van der Waals surface area contributed by atoms with Gasteiger partial charge in [0.15, 0.2) is 5.59 Å². The number of amides is 2. The Kier molecular flexibility index (Phi) is 10.2. The molecular formula is C22H28FN5O6P2. The van der Waals surface area contributed by atoms with Crippen molar-refractivity contribution in [3.05, 3.63) is 65.7 Å². The van der Waals surface area contributed by atoms with Gasteiger partial charge in [0.05, 0.1) is 36.4 Å². The SMILES string of the molecule is N/C=C(\N)CNCc1ccc(-c2ccc(N3C[C@H](CNC(=O)OC(PO)PO)OC3=O)cc2F)cc1. The van der Waals surface area contributed by atoms with Crippen LogP contribution in [0.4, 0.5) is 19.7 Å². The second kappa shape index (κ2) is 13.3. The number of carbonyl (C=O) groups excluding carboxylic acids is 2. The van der Waals surface area contributed by atoms with Gasteiger partial charge in [-0.2, -0.15) is 0 Å². The van der Waals surface area contributed by atoms with E-state index in [0.29, 0.717) is 35.6 Å². The van der Waals surface area contributed by atoms with Crippen LogP contribution in [0.2, 0.25) is 0 Å². The average molecular weight is 539 g/mol. The summed E-state index contributed by atoms with van der Waals surface area (Å²) in [6.07, 6.45) is -0.870. The van der Waals surface area contributed by atoms with Crippen LogP contribution in [0.15, 0.2) is 54.4 Å². The van der Waals surface area contributed by atoms with E-state index in [2.05, 4.69) is 10.6 Å². The maximum Gasteiger partial charge on any atom is 0.414 e. The van der Waals surface area contributed by atoms with Gasteiger partial charge in [-0.25, -0.2) is 14.0 Å². The zero-order chi connectivity index (χ0) is 26.1. The molecule has 1 saturated heterocycles. The lowest BCUT2D eigenvalue weighted by molar-refractivity contribution is 0.127. The fourth-order valence-corrected chi connectivity index (χ4v) is 3.93. The maximum absolute atomic E-state index is 15.0. The molecule has 8 N–H and O–H groups in total. The number of nitrogens with two attached hydrogens (primary N) is 2. The van der Waals surface area contributed by atoms with Crippen LogP contribution in [0.25, 0.3) is 11.1 Å². The highest BCUT2D eigenvalue weighted by Gasteiger charge is 2.33. The maximum atomic E-state index is 15.0. The predicted molar refractivity (Wildman–Crippen MR) is 137 cm³/mol. The van der Waals surface area contributed by atoms with Gasteiger partial charge in [0.2, 0.25) is 0 Å². The summed E-state index contributed by atoms with van der Waals surface area (Å²) in [5.41, 5.74) is 12.9. The summed E-state index contributed by atoms with van der Waals surface area (Å²) in [4.78, 5) is 43.3. The summed E-state index contributed by atoms with van der Waals surface area (Å²) in [5, 5.41) is 5.56. The molecule has 11 nitrogen and oxygen atoms in total. The summed E-state index contributed by atoms with van der Waals surface area (Å²) < 4.78 is 25.0. The number of alkyl carbamates (subject to hydrolysis) is 1. The monoisotopic (exact) mass is 539 g/mol. The third-order valence-electron chi connectivity index (χ3n) is 5.21. The van der Waals surface area contributed by atoms with Crippen molar-refractivity contribution in [2.75, 3.05) is 24.5 Å². The number of benzene rings is 2. The Bertz CT molecular complexity index is 1090. The van der Waals surface area contributed by atoms with Crippen LogP contribution in [0.1, 0.15) is 5.56 Å². The van der Waals surface area contributed by atoms with Gasteiger partial charge in [0, 0.05) is 30.5 Å². The van der Waals surface area contributed by atoms with Crippen LogP contribution in [-0.4, -0.2) is 53.3 Å². The summed E-state index contributed by atoms with van der Waals surface area (Å²) in [6, 6.07) is 11.8. The zero-order valence-electron chi connectivity index (χ0n) is 19.1. The Morgan fingerprint density at radius 3 is 2.64 bits per heavy atom. The quantitative estimate of drug-likeness (QED) is 0.233. The van der Waals surface area contributed by atoms with E-state index < -0.39 is 47.3 Å². The van der Waals surface area contributed by atoms with Gasteiger partial charge in [-0.3, -0.25) is 4.90 Å². The minimum Gasteiger partial charge on any atom is -0.442 e. The van der Waals surface area contributed by atoms with E-state index in [1.807, 2.05) is 12.1 Å². The number of nitrogens with zero attached hydrogens (tertiary/aromatic N) is 1. The van der Waals surface area contributed by atoms with Gasteiger partial charge in [0.25, 0.3) is 0 Å². The van der Waals surface area contributed by atoms with Gasteiger partial charge < -0.3 is 41.4 Å². The highest BCUT2D eigenvalue weighted by atomic mass is 31.1. The average Bonchev–Trinajstić information content (AvgIpc) is 3.26. The van der Waals surface area contributed by atoms with Crippen LogP contribution in [0.3, 0.4) is 0 Å². The lowest BCUT2D eigenvalue weighted by Crippen LogP contribution is -2.35. The fraction of sp³-hybridized carbons (Fsp3) is 0.273. The molecule has 2 aromatic rings. The molecule has 0 radical (unpaired) electrons. The molecule has 1 aliphatic rings. The first-order valence-electron chi connectivity index (χ1n) is 10.8. The molecule has 194 valence electrons. The third kappa shape index (κ3) is 7.49. The lowest BCUT2D eigenvalue weighted by atomic mass is 10.0. The first kappa shape index (κ1) is 27.6. The summed E-state index contributed by atoms with van der Waals surface area (Å²) in [7, 11) is -1.50. The highest BCUT2D eigenvalue weighted by Crippen LogP contribution is 2.30. The number of ether oxygens (including phenoxy) is 2. The van der Waals surface area contributed by atoms with Crippen molar-refractivity contribution in [3.63, 3.8) is 0 Å². The highest BCUT2D eigenvalue weighted by molar-refractivity contribution is 7.51. The Morgan fingerprint density at radius 2 is 2.00 bits per heavy atom. The molecule has 2 unspecified atom stereocenters. The minimum atomic E-state index is -0.986. The molecule has 3 atom stereocenters. The molecule has 3 rings (SSSR count). The normalized spacial score (nSPS) is 17.2. The molecule has 0 spiro atoms. The fourth-order valence-electron chi connectivity index (χ4n) is 3.38. The van der Waals surface area contributed by atoms with E-state index in [1.54, 1.807) is 24.3 Å². The van der Waals surface area contributed by atoms with Crippen molar-refractivity contribution < 1.29 is 33.2 Å². The van der Waals surface area contributed by atoms with E-state index in [-0.39, 0.29) is 13.1 Å². The second-order valence-electron chi connectivity index (χ2n) is 7.75. The smallest absolute Gasteiger partial charge is 0.414 e. The van der Waals surface area contributed by atoms with E-state index in [9.17, 15) is 14.0 Å². The van der Waals surface area contributed by atoms with E-state index in [1.165, 1.54) is 17.2 Å². The number of carbonyl (C=O) groups is 2. The number of hydrogen-bond acceptors (Lipinski definition) is 9. The van der Waals surface area contributed by atoms with Crippen molar-refractivity contribution in [3.8, 4) is 11.1 Å². The predicted octanol–water partition coefficient (Wildman–Crippen LogP) is 1.85. The Labute approximate surface area is 210 Å². The van der Waals surface area contributed by atoms with Gasteiger partial charge in [-0.1, -0.05) is 24.3 Å². The number of rotatable bonds is 11. The van der Waals surface area contributed by atoms with Gasteiger partial charge in [-0.05, 0) is 29.3 Å². The number of hydrogen-bond donors (Lipinski definition) is 6. The Morgan fingerprint density at radius 1 is 1.28 bits per heavy atom. The zero-order valence-corrected chi connectivity index (χ0v) is 21.1. The molecule has 14 heteroatoms. The van der Waals surface area contributed by atoms with Gasteiger partial charge in [-0.15, -0.1) is 0 Å². The van der Waals surface area contributed by atoms with E-state index in [4.69, 9.17) is 30.7 Å². The second-order valence-corrected chi connectivity index (χ2v) is 9.89. The van der Waals surface area contributed by atoms with Crippen molar-refractivity contribution in [1.82, 2.24) is 10.6 Å². The molecule has 36 heavy (non-hydrogen) atoms. The molecule has 1 fully saturated rings. The summed E-state index contributed by atoms with van der Waals surface area (Å²) >= 11 is 0. The Balaban J connectivity index is 1.57. The van der Waals surface area contributed by atoms with Gasteiger partial charge >= 0.3 is 12.2 Å². The van der Waals surface area contributed by atoms with Crippen molar-refractivity contribution in [2.45, 2.75) is 18.2 Å². The van der Waals surface area contributed by atoms with Crippen LogP contribution < -0.4 is 27.0 Å². The molecule has 1 aliphatic heterocycles. The van der Waals surface area contributed by atoms with Crippen molar-refractivity contribution in [1.29, 1.82) is 0 Å². The number of nitrogens with one attached hydrogen (secondary N) is 2. The van der Waals surface area contributed by atoms with Crippen molar-refractivity contribution >= 4 is 35.5 Å². The van der Waals surface area contributed by atoms with E-state index >= 15 is 0 Å². The molecular weight excluding hydrogens is 511 g/mol. The molecule has 0 aliphatic carbocycles. The third-order valence-corrected chi connectivity index (χ3v) is 6.69. The largest absolute Gasteiger partial charge is 0.442 e. The molecule has 1 heterocycles. The first-order valence-corrected chi connectivity index (χ1v) is 12.9. The van der Waals surface area contributed by atoms with Crippen molar-refractivity contribution in [2.24, 2.45) is 11.5 Å². The standard InChI is InChI=1S/C22H28FN5O6P2/c23-19-7-16(28-12-17(33-21(28)30)11-27-20(29)34-22(35-31)36-32)5-6-18(19)14-3-1-13(2-4-14)9-26-10-15(25)8-24/h1-8,17,22,26,31-32,35-36H,9-12,24-25H2,(H,27,29)/b15-8-/t17-/m0/s1. The van der Waals surface area contributed by atoms with Crippen LogP contribution in [0.5, 0.6) is 0 Å². The number of cyclic esters (lactones) is 1. The van der Waals surface area contributed by atoms with Crippen LogP contribution in [-0.2, 0) is 16.0 Å². The van der Waals surface area contributed by atoms with E-state index in [0.717, 1.165) is 5.56 Å². The molecule has 0 saturated carbocycles. The Hall–Kier alpha value is -3.01. The number of halogens is 1. The number of anilines is 1. The topological polar surface area (TPSA) is 172 Å². The first-order chi connectivity index (χ1) is 17.3. The van der Waals surface area contributed by atoms with Crippen LogP contribution >= 0.6 is 17.6 Å².